The molecule has 0 unspecified atom stereocenters. The van der Waals surface area contributed by atoms with Crippen LogP contribution in [-0.4, -0.2) is 30.9 Å². The van der Waals surface area contributed by atoms with Crippen LogP contribution in [0.4, 0.5) is 0 Å². The SMILES string of the molecule is CNCCc1nnc(-c2sccc2OC)o1. The van der Waals surface area contributed by atoms with Crippen LogP contribution in [-0.2, 0) is 6.42 Å². The molecule has 2 aromatic rings. The van der Waals surface area contributed by atoms with Gasteiger partial charge in [-0.05, 0) is 18.5 Å². The number of hydrogen-bond acceptors (Lipinski definition) is 6. The molecule has 0 aliphatic rings. The van der Waals surface area contributed by atoms with E-state index in [1.165, 1.54) is 11.3 Å². The molecule has 0 bridgehead atoms. The van der Waals surface area contributed by atoms with Gasteiger partial charge in [-0.3, -0.25) is 0 Å². The summed E-state index contributed by atoms with van der Waals surface area (Å²) in [4.78, 5) is 0.880. The van der Waals surface area contributed by atoms with Crippen LogP contribution < -0.4 is 10.1 Å². The Morgan fingerprint density at radius 1 is 1.50 bits per heavy atom. The van der Waals surface area contributed by atoms with Gasteiger partial charge in [-0.2, -0.15) is 0 Å². The second-order valence-electron chi connectivity index (χ2n) is 3.17. The molecule has 0 atom stereocenters. The minimum Gasteiger partial charge on any atom is -0.495 e. The smallest absolute Gasteiger partial charge is 0.261 e. The van der Waals surface area contributed by atoms with E-state index < -0.39 is 0 Å². The van der Waals surface area contributed by atoms with E-state index >= 15 is 0 Å². The summed E-state index contributed by atoms with van der Waals surface area (Å²) < 4.78 is 10.7. The Kier molecular flexibility index (Phi) is 3.53. The predicted octanol–water partition coefficient (Wildman–Crippen LogP) is 1.57. The summed E-state index contributed by atoms with van der Waals surface area (Å²) in [5.74, 6) is 1.94. The van der Waals surface area contributed by atoms with Crippen molar-refractivity contribution in [3.05, 3.63) is 17.3 Å². The molecule has 0 saturated carbocycles. The molecule has 0 fully saturated rings. The largest absolute Gasteiger partial charge is 0.495 e. The van der Waals surface area contributed by atoms with Crippen molar-refractivity contribution in [2.45, 2.75) is 6.42 Å². The summed E-state index contributed by atoms with van der Waals surface area (Å²) in [5.41, 5.74) is 0. The van der Waals surface area contributed by atoms with Gasteiger partial charge >= 0.3 is 0 Å². The Balaban J connectivity index is 2.18. The first-order valence-corrected chi connectivity index (χ1v) is 5.82. The zero-order valence-electron chi connectivity index (χ0n) is 9.19. The summed E-state index contributed by atoms with van der Waals surface area (Å²) >= 11 is 1.53. The van der Waals surface area contributed by atoms with Crippen molar-refractivity contribution in [2.75, 3.05) is 20.7 Å². The lowest BCUT2D eigenvalue weighted by molar-refractivity contribution is 0.415. The maximum atomic E-state index is 5.54. The van der Waals surface area contributed by atoms with E-state index in [4.69, 9.17) is 9.15 Å². The minimum atomic E-state index is 0.526. The van der Waals surface area contributed by atoms with E-state index in [0.29, 0.717) is 11.8 Å². The van der Waals surface area contributed by atoms with Gasteiger partial charge in [0.25, 0.3) is 5.89 Å². The van der Waals surface area contributed by atoms with Gasteiger partial charge in [-0.15, -0.1) is 21.5 Å². The molecule has 0 aliphatic heterocycles. The minimum absolute atomic E-state index is 0.526. The van der Waals surface area contributed by atoms with Crippen molar-refractivity contribution in [1.29, 1.82) is 0 Å². The topological polar surface area (TPSA) is 60.2 Å². The Morgan fingerprint density at radius 2 is 2.38 bits per heavy atom. The summed E-state index contributed by atoms with van der Waals surface area (Å²) in [6, 6.07) is 1.89. The zero-order chi connectivity index (χ0) is 11.4. The first kappa shape index (κ1) is 11.1. The van der Waals surface area contributed by atoms with E-state index in [-0.39, 0.29) is 0 Å². The third-order valence-corrected chi connectivity index (χ3v) is 2.98. The summed E-state index contributed by atoms with van der Waals surface area (Å²) in [7, 11) is 3.52. The number of likely N-dealkylation sites (N-methyl/N-ethyl adjacent to an activating group) is 1. The van der Waals surface area contributed by atoms with E-state index in [2.05, 4.69) is 15.5 Å². The number of methoxy groups -OCH3 is 1. The average Bonchev–Trinajstić information content (AvgIpc) is 2.94. The fourth-order valence-corrected chi connectivity index (χ4v) is 2.07. The normalized spacial score (nSPS) is 10.6. The second kappa shape index (κ2) is 5.09. The molecule has 0 aromatic carbocycles. The number of rotatable bonds is 5. The average molecular weight is 239 g/mol. The van der Waals surface area contributed by atoms with Crippen LogP contribution in [0.3, 0.4) is 0 Å². The molecule has 86 valence electrons. The van der Waals surface area contributed by atoms with Crippen LogP contribution in [0.15, 0.2) is 15.9 Å². The molecule has 16 heavy (non-hydrogen) atoms. The molecule has 0 radical (unpaired) electrons. The fourth-order valence-electron chi connectivity index (χ4n) is 1.29. The standard InChI is InChI=1S/C10H13N3O2S/c1-11-5-3-8-12-13-10(15-8)9-7(14-2)4-6-16-9/h4,6,11H,3,5H2,1-2H3. The highest BCUT2D eigenvalue weighted by Crippen LogP contribution is 2.34. The van der Waals surface area contributed by atoms with Gasteiger partial charge in [-0.1, -0.05) is 0 Å². The number of ether oxygens (including phenoxy) is 1. The van der Waals surface area contributed by atoms with Crippen molar-refractivity contribution in [3.8, 4) is 16.5 Å². The van der Waals surface area contributed by atoms with Crippen LogP contribution in [0, 0.1) is 0 Å². The lowest BCUT2D eigenvalue weighted by Gasteiger charge is -1.96. The molecule has 0 spiro atoms. The highest BCUT2D eigenvalue weighted by Gasteiger charge is 2.14. The summed E-state index contributed by atoms with van der Waals surface area (Å²) in [6.07, 6.45) is 0.733. The maximum Gasteiger partial charge on any atom is 0.261 e. The van der Waals surface area contributed by atoms with Gasteiger partial charge in [0.2, 0.25) is 5.89 Å². The molecule has 0 amide bonds. The Labute approximate surface area is 97.5 Å². The number of aromatic nitrogens is 2. The number of thiophene rings is 1. The van der Waals surface area contributed by atoms with Crippen LogP contribution in [0.1, 0.15) is 5.89 Å². The van der Waals surface area contributed by atoms with Crippen molar-refractivity contribution >= 4 is 11.3 Å². The molecular weight excluding hydrogens is 226 g/mol. The first-order chi connectivity index (χ1) is 7.85. The molecule has 2 aromatic heterocycles. The van der Waals surface area contributed by atoms with Crippen LogP contribution in [0.5, 0.6) is 5.75 Å². The summed E-state index contributed by atoms with van der Waals surface area (Å²) in [6.45, 7) is 0.823. The molecule has 0 saturated heterocycles. The van der Waals surface area contributed by atoms with Crippen molar-refractivity contribution in [3.63, 3.8) is 0 Å². The second-order valence-corrected chi connectivity index (χ2v) is 4.09. The van der Waals surface area contributed by atoms with Crippen LogP contribution >= 0.6 is 11.3 Å². The van der Waals surface area contributed by atoms with E-state index in [1.54, 1.807) is 7.11 Å². The number of nitrogens with zero attached hydrogens (tertiary/aromatic N) is 2. The fraction of sp³-hybridized carbons (Fsp3) is 0.400. The molecule has 2 rings (SSSR count). The third kappa shape index (κ3) is 2.23. The molecule has 2 heterocycles. The lowest BCUT2D eigenvalue weighted by atomic mass is 10.4. The van der Waals surface area contributed by atoms with Gasteiger partial charge in [0, 0.05) is 13.0 Å². The van der Waals surface area contributed by atoms with Crippen LogP contribution in [0.25, 0.3) is 10.8 Å². The molecule has 5 nitrogen and oxygen atoms in total. The highest BCUT2D eigenvalue weighted by molar-refractivity contribution is 7.13. The molecular formula is C10H13N3O2S. The van der Waals surface area contributed by atoms with Gasteiger partial charge in [0.05, 0.1) is 7.11 Å². The highest BCUT2D eigenvalue weighted by atomic mass is 32.1. The van der Waals surface area contributed by atoms with Gasteiger partial charge in [0.1, 0.15) is 10.6 Å². The van der Waals surface area contributed by atoms with Gasteiger partial charge < -0.3 is 14.5 Å². The Morgan fingerprint density at radius 3 is 3.12 bits per heavy atom. The van der Waals surface area contributed by atoms with E-state index in [9.17, 15) is 0 Å². The maximum absolute atomic E-state index is 5.54. The third-order valence-electron chi connectivity index (χ3n) is 2.10. The van der Waals surface area contributed by atoms with Crippen LogP contribution in [0.2, 0.25) is 0 Å². The zero-order valence-corrected chi connectivity index (χ0v) is 10.0. The molecule has 0 aliphatic carbocycles. The van der Waals surface area contributed by atoms with E-state index in [1.807, 2.05) is 18.5 Å². The van der Waals surface area contributed by atoms with Crippen molar-refractivity contribution in [1.82, 2.24) is 15.5 Å². The van der Waals surface area contributed by atoms with Crippen molar-refractivity contribution < 1.29 is 9.15 Å². The number of nitrogens with one attached hydrogen (secondary N) is 1. The van der Waals surface area contributed by atoms with Gasteiger partial charge in [0.15, 0.2) is 0 Å². The summed E-state index contributed by atoms with van der Waals surface area (Å²) in [5, 5.41) is 13.0. The van der Waals surface area contributed by atoms with Crippen molar-refractivity contribution in [2.24, 2.45) is 0 Å². The lowest BCUT2D eigenvalue weighted by Crippen LogP contribution is -2.10. The number of hydrogen-bond donors (Lipinski definition) is 1. The Bertz CT molecular complexity index is 452. The van der Waals surface area contributed by atoms with E-state index in [0.717, 1.165) is 23.6 Å². The Hall–Kier alpha value is -1.40. The monoisotopic (exact) mass is 239 g/mol. The quantitative estimate of drug-likeness (QED) is 0.858. The first-order valence-electron chi connectivity index (χ1n) is 4.94. The van der Waals surface area contributed by atoms with Gasteiger partial charge in [-0.25, -0.2) is 0 Å². The molecule has 1 N–H and O–H groups in total. The predicted molar refractivity (Wildman–Crippen MR) is 61.8 cm³/mol. The molecule has 6 heteroatoms.